The standard InChI is InChI=1S/C24H30N4O5/c1-14(2)12-28-22(25)21(23(30)26-24(28)31)27(7-8-32-3)20(29)11-17-13-33-19-10-16-6-4-5-15(16)9-18(17)19/h9-10,13-14H,4-8,11-12,25H2,1-3H3,(H,26,30,31). The second-order valence-corrected chi connectivity index (χ2v) is 8.94. The molecule has 0 bridgehead atoms. The van der Waals surface area contributed by atoms with Crippen LogP contribution in [-0.4, -0.2) is 35.7 Å². The number of carbonyl (C=O) groups excluding carboxylic acids is 1. The molecule has 0 aliphatic heterocycles. The Morgan fingerprint density at radius 2 is 2.00 bits per heavy atom. The number of aryl methyl sites for hydroxylation is 2. The van der Waals surface area contributed by atoms with Crippen LogP contribution in [0.15, 0.2) is 32.4 Å². The lowest BCUT2D eigenvalue weighted by Gasteiger charge is -2.24. The summed E-state index contributed by atoms with van der Waals surface area (Å²) in [4.78, 5) is 42.1. The van der Waals surface area contributed by atoms with Gasteiger partial charge in [0.1, 0.15) is 11.4 Å². The Morgan fingerprint density at radius 3 is 2.70 bits per heavy atom. The van der Waals surface area contributed by atoms with Crippen LogP contribution in [0, 0.1) is 5.92 Å². The summed E-state index contributed by atoms with van der Waals surface area (Å²) in [6, 6.07) is 4.16. The molecule has 0 saturated heterocycles. The van der Waals surface area contributed by atoms with E-state index in [4.69, 9.17) is 14.9 Å². The van der Waals surface area contributed by atoms with E-state index in [9.17, 15) is 14.4 Å². The Balaban J connectivity index is 1.72. The maximum atomic E-state index is 13.5. The van der Waals surface area contributed by atoms with Gasteiger partial charge < -0.3 is 19.8 Å². The molecule has 3 N–H and O–H groups in total. The number of hydrogen-bond acceptors (Lipinski definition) is 6. The smallest absolute Gasteiger partial charge is 0.330 e. The van der Waals surface area contributed by atoms with Gasteiger partial charge in [0.25, 0.3) is 5.56 Å². The number of nitrogens with two attached hydrogens (primary N) is 1. The fourth-order valence-corrected chi connectivity index (χ4v) is 4.47. The van der Waals surface area contributed by atoms with Crippen molar-refractivity contribution in [3.8, 4) is 0 Å². The van der Waals surface area contributed by atoms with Gasteiger partial charge >= 0.3 is 5.69 Å². The van der Waals surface area contributed by atoms with Crippen LogP contribution in [0.4, 0.5) is 11.5 Å². The number of aromatic nitrogens is 2. The van der Waals surface area contributed by atoms with Gasteiger partial charge in [-0.15, -0.1) is 0 Å². The lowest BCUT2D eigenvalue weighted by molar-refractivity contribution is -0.118. The average Bonchev–Trinajstić information content (AvgIpc) is 3.38. The van der Waals surface area contributed by atoms with Gasteiger partial charge in [-0.05, 0) is 48.4 Å². The predicted molar refractivity (Wildman–Crippen MR) is 127 cm³/mol. The third-order valence-electron chi connectivity index (χ3n) is 6.06. The molecular weight excluding hydrogens is 424 g/mol. The zero-order valence-corrected chi connectivity index (χ0v) is 19.3. The molecule has 0 spiro atoms. The van der Waals surface area contributed by atoms with Gasteiger partial charge in [-0.25, -0.2) is 4.79 Å². The highest BCUT2D eigenvalue weighted by Crippen LogP contribution is 2.31. The molecule has 176 valence electrons. The first kappa shape index (κ1) is 22.8. The van der Waals surface area contributed by atoms with E-state index in [-0.39, 0.29) is 42.9 Å². The van der Waals surface area contributed by atoms with E-state index in [0.29, 0.717) is 6.54 Å². The van der Waals surface area contributed by atoms with Crippen molar-refractivity contribution in [2.45, 2.75) is 46.1 Å². The number of nitrogens with zero attached hydrogens (tertiary/aromatic N) is 2. The summed E-state index contributed by atoms with van der Waals surface area (Å²) in [5.74, 6) is -0.245. The SMILES string of the molecule is COCCN(C(=O)Cc1coc2cc3c(cc12)CCC3)c1c(N)n(CC(C)C)c(=O)[nH]c1=O. The Hall–Kier alpha value is -3.33. The zero-order chi connectivity index (χ0) is 23.7. The number of H-pyrrole nitrogens is 1. The quantitative estimate of drug-likeness (QED) is 0.538. The molecule has 0 radical (unpaired) electrons. The predicted octanol–water partition coefficient (Wildman–Crippen LogP) is 2.23. The van der Waals surface area contributed by atoms with Gasteiger partial charge in [-0.2, -0.15) is 0 Å². The van der Waals surface area contributed by atoms with Crippen molar-refractivity contribution in [1.29, 1.82) is 0 Å². The molecule has 0 atom stereocenters. The van der Waals surface area contributed by atoms with Crippen molar-refractivity contribution in [2.24, 2.45) is 5.92 Å². The van der Waals surface area contributed by atoms with E-state index in [1.807, 2.05) is 13.8 Å². The fraction of sp³-hybridized carbons (Fsp3) is 0.458. The van der Waals surface area contributed by atoms with Crippen LogP contribution in [0.25, 0.3) is 11.0 Å². The van der Waals surface area contributed by atoms with Crippen LogP contribution < -0.4 is 21.9 Å². The average molecular weight is 455 g/mol. The van der Waals surface area contributed by atoms with Gasteiger partial charge in [0.05, 0.1) is 19.3 Å². The number of hydrogen-bond donors (Lipinski definition) is 2. The Kier molecular flexibility index (Phi) is 6.42. The number of nitrogen functional groups attached to an aromatic ring is 1. The highest BCUT2D eigenvalue weighted by atomic mass is 16.5. The number of amides is 1. The first-order valence-corrected chi connectivity index (χ1v) is 11.2. The number of furan rings is 1. The van der Waals surface area contributed by atoms with Crippen molar-refractivity contribution in [3.05, 3.63) is 55.9 Å². The minimum Gasteiger partial charge on any atom is -0.464 e. The third-order valence-corrected chi connectivity index (χ3v) is 6.06. The van der Waals surface area contributed by atoms with Crippen LogP contribution in [0.3, 0.4) is 0 Å². The Bertz CT molecular complexity index is 1300. The van der Waals surface area contributed by atoms with E-state index in [0.717, 1.165) is 35.8 Å². The van der Waals surface area contributed by atoms with Crippen LogP contribution in [-0.2, 0) is 35.3 Å². The number of ether oxygens (including phenoxy) is 1. The molecule has 1 aliphatic rings. The first-order valence-electron chi connectivity index (χ1n) is 11.2. The van der Waals surface area contributed by atoms with Gasteiger partial charge in [-0.1, -0.05) is 13.8 Å². The number of fused-ring (bicyclic) bond motifs is 2. The van der Waals surface area contributed by atoms with Crippen LogP contribution in [0.1, 0.15) is 37.0 Å². The number of methoxy groups -OCH3 is 1. The molecule has 9 heteroatoms. The Morgan fingerprint density at radius 1 is 1.27 bits per heavy atom. The molecular formula is C24H30N4O5. The second-order valence-electron chi connectivity index (χ2n) is 8.94. The summed E-state index contributed by atoms with van der Waals surface area (Å²) in [7, 11) is 1.51. The molecule has 33 heavy (non-hydrogen) atoms. The zero-order valence-electron chi connectivity index (χ0n) is 19.3. The summed E-state index contributed by atoms with van der Waals surface area (Å²) >= 11 is 0. The molecule has 0 saturated carbocycles. The fourth-order valence-electron chi connectivity index (χ4n) is 4.47. The van der Waals surface area contributed by atoms with E-state index in [1.54, 1.807) is 6.26 Å². The number of rotatable bonds is 8. The van der Waals surface area contributed by atoms with Crippen molar-refractivity contribution < 1.29 is 13.9 Å². The molecule has 4 rings (SSSR count). The lowest BCUT2D eigenvalue weighted by atomic mass is 10.0. The van der Waals surface area contributed by atoms with Crippen molar-refractivity contribution in [3.63, 3.8) is 0 Å². The van der Waals surface area contributed by atoms with Crippen molar-refractivity contribution in [1.82, 2.24) is 9.55 Å². The molecule has 0 unspecified atom stereocenters. The highest BCUT2D eigenvalue weighted by Gasteiger charge is 2.26. The Labute approximate surface area is 191 Å². The van der Waals surface area contributed by atoms with E-state index < -0.39 is 11.2 Å². The van der Waals surface area contributed by atoms with Crippen molar-refractivity contribution in [2.75, 3.05) is 30.9 Å². The normalized spacial score (nSPS) is 13.1. The van der Waals surface area contributed by atoms with Gasteiger partial charge in [0.2, 0.25) is 5.91 Å². The van der Waals surface area contributed by atoms with Gasteiger partial charge in [-0.3, -0.25) is 19.1 Å². The molecule has 1 amide bonds. The largest absolute Gasteiger partial charge is 0.464 e. The summed E-state index contributed by atoms with van der Waals surface area (Å²) in [6.45, 7) is 4.51. The van der Waals surface area contributed by atoms with Crippen molar-refractivity contribution >= 4 is 28.4 Å². The third kappa shape index (κ3) is 4.45. The molecule has 9 nitrogen and oxygen atoms in total. The van der Waals surface area contributed by atoms with Gasteiger partial charge in [0, 0.05) is 31.1 Å². The highest BCUT2D eigenvalue weighted by molar-refractivity contribution is 5.99. The monoisotopic (exact) mass is 454 g/mol. The second kappa shape index (κ2) is 9.27. The summed E-state index contributed by atoms with van der Waals surface area (Å²) in [6.07, 6.45) is 4.80. The minimum absolute atomic E-state index is 0.0255. The van der Waals surface area contributed by atoms with E-state index >= 15 is 0 Å². The van der Waals surface area contributed by atoms with Crippen LogP contribution in [0.5, 0.6) is 0 Å². The molecule has 1 aliphatic carbocycles. The number of aromatic amines is 1. The summed E-state index contributed by atoms with van der Waals surface area (Å²) < 4.78 is 12.2. The lowest BCUT2D eigenvalue weighted by Crippen LogP contribution is -2.43. The number of carbonyl (C=O) groups is 1. The molecule has 3 aromatic rings. The number of benzene rings is 1. The van der Waals surface area contributed by atoms with E-state index in [1.165, 1.54) is 27.7 Å². The van der Waals surface area contributed by atoms with Gasteiger partial charge in [0.15, 0.2) is 5.69 Å². The van der Waals surface area contributed by atoms with Crippen LogP contribution >= 0.6 is 0 Å². The molecule has 2 heterocycles. The molecule has 2 aromatic heterocycles. The number of anilines is 2. The summed E-state index contributed by atoms with van der Waals surface area (Å²) in [5, 5.41) is 0.905. The molecule has 1 aromatic carbocycles. The maximum Gasteiger partial charge on any atom is 0.330 e. The minimum atomic E-state index is -0.697. The molecule has 0 fully saturated rings. The topological polar surface area (TPSA) is 124 Å². The first-order chi connectivity index (χ1) is 15.8. The van der Waals surface area contributed by atoms with Crippen LogP contribution in [0.2, 0.25) is 0 Å². The number of nitrogens with one attached hydrogen (secondary N) is 1. The maximum absolute atomic E-state index is 13.5. The summed E-state index contributed by atoms with van der Waals surface area (Å²) in [5.41, 5.74) is 9.02. The van der Waals surface area contributed by atoms with E-state index in [2.05, 4.69) is 17.1 Å².